The molecule has 0 saturated heterocycles. The molecule has 0 saturated carbocycles. The second-order valence-electron chi connectivity index (χ2n) is 5.03. The average molecular weight is 258 g/mol. The Morgan fingerprint density at radius 1 is 1.32 bits per heavy atom. The number of para-hydroxylation sites is 1. The third-order valence-electron chi connectivity index (χ3n) is 3.14. The van der Waals surface area contributed by atoms with Gasteiger partial charge in [0.15, 0.2) is 0 Å². The maximum atomic E-state index is 12.5. The Morgan fingerprint density at radius 2 is 1.95 bits per heavy atom. The quantitative estimate of drug-likeness (QED) is 0.782. The molecule has 0 heterocycles. The summed E-state index contributed by atoms with van der Waals surface area (Å²) in [6.07, 6.45) is 1.96. The number of hydrogen-bond donors (Lipinski definition) is 0. The molecule has 1 rings (SSSR count). The first kappa shape index (κ1) is 15.2. The van der Waals surface area contributed by atoms with Gasteiger partial charge in [0.25, 0.3) is 0 Å². The molecule has 19 heavy (non-hydrogen) atoms. The minimum atomic E-state index is -0.572. The van der Waals surface area contributed by atoms with Crippen molar-refractivity contribution in [2.45, 2.75) is 33.6 Å². The van der Waals surface area contributed by atoms with Crippen LogP contribution in [0.25, 0.3) is 0 Å². The van der Waals surface area contributed by atoms with Crippen molar-refractivity contribution < 1.29 is 4.79 Å². The van der Waals surface area contributed by atoms with E-state index < -0.39 is 5.92 Å². The van der Waals surface area contributed by atoms with E-state index in [2.05, 4.69) is 13.0 Å². The van der Waals surface area contributed by atoms with Crippen molar-refractivity contribution in [3.05, 3.63) is 30.3 Å². The topological polar surface area (TPSA) is 44.1 Å². The second kappa shape index (κ2) is 7.58. The Labute approximate surface area is 115 Å². The number of unbranched alkanes of at least 4 members (excludes halogenated alkanes) is 1. The highest BCUT2D eigenvalue weighted by atomic mass is 16.2. The molecule has 0 aliphatic heterocycles. The smallest absolute Gasteiger partial charge is 0.244 e. The van der Waals surface area contributed by atoms with Gasteiger partial charge < -0.3 is 4.90 Å². The second-order valence-corrected chi connectivity index (χ2v) is 5.03. The van der Waals surface area contributed by atoms with Gasteiger partial charge in [0.1, 0.15) is 5.92 Å². The number of rotatable bonds is 6. The van der Waals surface area contributed by atoms with Gasteiger partial charge in [0, 0.05) is 12.2 Å². The summed E-state index contributed by atoms with van der Waals surface area (Å²) in [6, 6.07) is 11.7. The van der Waals surface area contributed by atoms with Gasteiger partial charge >= 0.3 is 0 Å². The fourth-order valence-corrected chi connectivity index (χ4v) is 1.95. The molecule has 1 unspecified atom stereocenters. The third-order valence-corrected chi connectivity index (χ3v) is 3.14. The molecule has 0 bridgehead atoms. The van der Waals surface area contributed by atoms with Crippen LogP contribution in [-0.2, 0) is 4.79 Å². The Hall–Kier alpha value is -1.82. The molecule has 0 N–H and O–H groups in total. The van der Waals surface area contributed by atoms with Crippen molar-refractivity contribution in [2.24, 2.45) is 11.8 Å². The fraction of sp³-hybridized carbons (Fsp3) is 0.500. The first-order chi connectivity index (χ1) is 9.11. The normalized spacial score (nSPS) is 11.9. The van der Waals surface area contributed by atoms with Crippen molar-refractivity contribution in [3.63, 3.8) is 0 Å². The maximum Gasteiger partial charge on any atom is 0.244 e. The number of benzene rings is 1. The monoisotopic (exact) mass is 258 g/mol. The van der Waals surface area contributed by atoms with E-state index in [0.29, 0.717) is 6.54 Å². The van der Waals surface area contributed by atoms with Crippen molar-refractivity contribution in [1.29, 1.82) is 5.26 Å². The largest absolute Gasteiger partial charge is 0.311 e. The zero-order valence-corrected chi connectivity index (χ0v) is 12.0. The Balaban J connectivity index is 2.97. The highest BCUT2D eigenvalue weighted by Gasteiger charge is 2.27. The molecule has 0 fully saturated rings. The number of anilines is 1. The summed E-state index contributed by atoms with van der Waals surface area (Å²) in [5.74, 6) is -0.625. The molecule has 0 aliphatic rings. The highest BCUT2D eigenvalue weighted by Crippen LogP contribution is 2.20. The fourth-order valence-electron chi connectivity index (χ4n) is 1.95. The summed E-state index contributed by atoms with van der Waals surface area (Å²) in [5.41, 5.74) is 0.877. The van der Waals surface area contributed by atoms with Gasteiger partial charge in [-0.05, 0) is 24.5 Å². The van der Waals surface area contributed by atoms with Gasteiger partial charge in [-0.25, -0.2) is 0 Å². The summed E-state index contributed by atoms with van der Waals surface area (Å²) < 4.78 is 0. The molecule has 0 aromatic heterocycles. The number of nitrogens with zero attached hydrogens (tertiary/aromatic N) is 2. The highest BCUT2D eigenvalue weighted by molar-refractivity contribution is 5.96. The lowest BCUT2D eigenvalue weighted by Crippen LogP contribution is -2.38. The molecule has 1 aromatic rings. The molecule has 3 nitrogen and oxygen atoms in total. The first-order valence-electron chi connectivity index (χ1n) is 6.87. The number of amides is 1. The van der Waals surface area contributed by atoms with E-state index in [4.69, 9.17) is 0 Å². The number of nitriles is 1. The zero-order chi connectivity index (χ0) is 14.3. The minimum Gasteiger partial charge on any atom is -0.311 e. The van der Waals surface area contributed by atoms with Gasteiger partial charge in [-0.2, -0.15) is 5.26 Å². The van der Waals surface area contributed by atoms with Crippen LogP contribution in [0, 0.1) is 23.2 Å². The molecule has 0 aliphatic carbocycles. The SMILES string of the molecule is CCCCN(C(=O)C(C#N)C(C)C)c1ccccc1. The van der Waals surface area contributed by atoms with Crippen LogP contribution in [0.2, 0.25) is 0 Å². The van der Waals surface area contributed by atoms with Crippen molar-refractivity contribution in [2.75, 3.05) is 11.4 Å². The molecular weight excluding hydrogens is 236 g/mol. The van der Waals surface area contributed by atoms with Crippen LogP contribution in [0.1, 0.15) is 33.6 Å². The summed E-state index contributed by atoms with van der Waals surface area (Å²) in [7, 11) is 0. The van der Waals surface area contributed by atoms with Gasteiger partial charge in [-0.1, -0.05) is 45.4 Å². The number of hydrogen-bond acceptors (Lipinski definition) is 2. The van der Waals surface area contributed by atoms with Crippen LogP contribution < -0.4 is 4.90 Å². The van der Waals surface area contributed by atoms with Crippen LogP contribution >= 0.6 is 0 Å². The Kier molecular flexibility index (Phi) is 6.08. The van der Waals surface area contributed by atoms with Crippen molar-refractivity contribution in [3.8, 4) is 6.07 Å². The van der Waals surface area contributed by atoms with Crippen LogP contribution in [0.15, 0.2) is 30.3 Å². The van der Waals surface area contributed by atoms with E-state index >= 15 is 0 Å². The molecule has 3 heteroatoms. The molecule has 102 valence electrons. The predicted molar refractivity (Wildman–Crippen MR) is 77.6 cm³/mol. The minimum absolute atomic E-state index is 0.0327. The number of carbonyl (C=O) groups excluding carboxylic acids is 1. The summed E-state index contributed by atoms with van der Waals surface area (Å²) in [5, 5.41) is 9.19. The van der Waals surface area contributed by atoms with Crippen LogP contribution in [0.3, 0.4) is 0 Å². The van der Waals surface area contributed by atoms with Gasteiger partial charge in [0.05, 0.1) is 6.07 Å². The molecule has 0 radical (unpaired) electrons. The standard InChI is InChI=1S/C16H22N2O/c1-4-5-11-18(14-9-7-6-8-10-14)16(19)15(12-17)13(2)3/h6-10,13,15H,4-5,11H2,1-3H3. The maximum absolute atomic E-state index is 12.5. The Bertz CT molecular complexity index is 434. The van der Waals surface area contributed by atoms with E-state index in [9.17, 15) is 10.1 Å². The van der Waals surface area contributed by atoms with E-state index in [1.54, 1.807) is 4.90 Å². The summed E-state index contributed by atoms with van der Waals surface area (Å²) in [6.45, 7) is 6.59. The van der Waals surface area contributed by atoms with E-state index in [1.807, 2.05) is 44.2 Å². The average Bonchev–Trinajstić information content (AvgIpc) is 2.40. The van der Waals surface area contributed by atoms with Gasteiger partial charge in [0.2, 0.25) is 5.91 Å². The van der Waals surface area contributed by atoms with Crippen molar-refractivity contribution >= 4 is 11.6 Å². The first-order valence-corrected chi connectivity index (χ1v) is 6.87. The lowest BCUT2D eigenvalue weighted by Gasteiger charge is -2.26. The zero-order valence-electron chi connectivity index (χ0n) is 12.0. The molecule has 1 amide bonds. The van der Waals surface area contributed by atoms with Gasteiger partial charge in [-0.3, -0.25) is 4.79 Å². The van der Waals surface area contributed by atoms with E-state index in [1.165, 1.54) is 0 Å². The predicted octanol–water partition coefficient (Wildman–Crippen LogP) is 3.62. The summed E-state index contributed by atoms with van der Waals surface area (Å²) in [4.78, 5) is 14.3. The molecule has 0 spiro atoms. The van der Waals surface area contributed by atoms with Crippen LogP contribution in [-0.4, -0.2) is 12.5 Å². The Morgan fingerprint density at radius 3 is 2.42 bits per heavy atom. The third kappa shape index (κ3) is 4.10. The molecule has 1 aromatic carbocycles. The van der Waals surface area contributed by atoms with Crippen LogP contribution in [0.4, 0.5) is 5.69 Å². The molecule has 1 atom stereocenters. The van der Waals surface area contributed by atoms with Crippen LogP contribution in [0.5, 0.6) is 0 Å². The van der Waals surface area contributed by atoms with Crippen molar-refractivity contribution in [1.82, 2.24) is 0 Å². The van der Waals surface area contributed by atoms with E-state index in [-0.39, 0.29) is 11.8 Å². The summed E-state index contributed by atoms with van der Waals surface area (Å²) >= 11 is 0. The number of carbonyl (C=O) groups is 1. The lowest BCUT2D eigenvalue weighted by atomic mass is 9.95. The lowest BCUT2D eigenvalue weighted by molar-refractivity contribution is -0.121. The van der Waals surface area contributed by atoms with E-state index in [0.717, 1.165) is 18.5 Å². The van der Waals surface area contributed by atoms with Gasteiger partial charge in [-0.15, -0.1) is 0 Å². The molecular formula is C16H22N2O.